The number of nitrogens with two attached hydrogens (primary N) is 1. The van der Waals surface area contributed by atoms with Gasteiger partial charge in [0.05, 0.1) is 0 Å². The standard InChI is InChI=1S/C10H17N3/c1-2-13-8-7-12-9(13)10(3-4-10)5-6-11/h7-8H,2-6,11H2,1H3. The number of imidazole rings is 1. The summed E-state index contributed by atoms with van der Waals surface area (Å²) in [6, 6.07) is 0. The molecule has 2 rings (SSSR count). The van der Waals surface area contributed by atoms with Crippen LogP contribution in [0, 0.1) is 0 Å². The molecule has 2 N–H and O–H groups in total. The predicted molar refractivity (Wildman–Crippen MR) is 52.5 cm³/mol. The summed E-state index contributed by atoms with van der Waals surface area (Å²) in [4.78, 5) is 4.45. The number of hydrogen-bond acceptors (Lipinski definition) is 2. The fraction of sp³-hybridized carbons (Fsp3) is 0.700. The van der Waals surface area contributed by atoms with E-state index in [2.05, 4.69) is 22.7 Å². The minimum Gasteiger partial charge on any atom is -0.335 e. The second-order valence-electron chi connectivity index (χ2n) is 3.86. The van der Waals surface area contributed by atoms with Gasteiger partial charge in [-0.05, 0) is 32.7 Å². The molecule has 0 aliphatic heterocycles. The Bertz CT molecular complexity index is 286. The quantitative estimate of drug-likeness (QED) is 0.756. The van der Waals surface area contributed by atoms with Gasteiger partial charge in [0, 0.05) is 24.4 Å². The maximum Gasteiger partial charge on any atom is 0.114 e. The van der Waals surface area contributed by atoms with Crippen LogP contribution in [0.3, 0.4) is 0 Å². The molecular formula is C10H17N3. The first-order valence-electron chi connectivity index (χ1n) is 5.04. The van der Waals surface area contributed by atoms with Gasteiger partial charge in [-0.1, -0.05) is 0 Å². The van der Waals surface area contributed by atoms with Crippen molar-refractivity contribution in [1.29, 1.82) is 0 Å². The van der Waals surface area contributed by atoms with Crippen LogP contribution in [0.5, 0.6) is 0 Å². The molecule has 0 aromatic carbocycles. The van der Waals surface area contributed by atoms with Crippen LogP contribution >= 0.6 is 0 Å². The van der Waals surface area contributed by atoms with Crippen molar-refractivity contribution in [3.8, 4) is 0 Å². The van der Waals surface area contributed by atoms with E-state index in [1.807, 2.05) is 6.20 Å². The van der Waals surface area contributed by atoms with Gasteiger partial charge in [0.15, 0.2) is 0 Å². The molecule has 1 saturated carbocycles. The molecule has 0 atom stereocenters. The van der Waals surface area contributed by atoms with Gasteiger partial charge in [-0.2, -0.15) is 0 Å². The third kappa shape index (κ3) is 1.37. The van der Waals surface area contributed by atoms with Gasteiger partial charge in [-0.15, -0.1) is 0 Å². The molecule has 1 aromatic heterocycles. The third-order valence-electron chi connectivity index (χ3n) is 3.01. The Balaban J connectivity index is 2.24. The van der Waals surface area contributed by atoms with E-state index in [0.717, 1.165) is 19.5 Å². The van der Waals surface area contributed by atoms with Crippen LogP contribution in [-0.2, 0) is 12.0 Å². The molecule has 0 saturated heterocycles. The summed E-state index contributed by atoms with van der Waals surface area (Å²) in [5.41, 5.74) is 5.96. The molecule has 1 aromatic rings. The van der Waals surface area contributed by atoms with Crippen LogP contribution in [0.25, 0.3) is 0 Å². The number of hydrogen-bond donors (Lipinski definition) is 1. The van der Waals surface area contributed by atoms with Crippen molar-refractivity contribution in [3.63, 3.8) is 0 Å². The van der Waals surface area contributed by atoms with Crippen LogP contribution < -0.4 is 5.73 Å². The lowest BCUT2D eigenvalue weighted by atomic mass is 10.0. The van der Waals surface area contributed by atoms with Crippen molar-refractivity contribution >= 4 is 0 Å². The van der Waals surface area contributed by atoms with Gasteiger partial charge >= 0.3 is 0 Å². The van der Waals surface area contributed by atoms with E-state index in [0.29, 0.717) is 5.41 Å². The highest BCUT2D eigenvalue weighted by Crippen LogP contribution is 2.49. The molecular weight excluding hydrogens is 162 g/mol. The maximum atomic E-state index is 5.62. The Hall–Kier alpha value is -0.830. The Morgan fingerprint density at radius 1 is 1.62 bits per heavy atom. The van der Waals surface area contributed by atoms with Gasteiger partial charge in [0.1, 0.15) is 5.82 Å². The predicted octanol–water partition coefficient (Wildman–Crippen LogP) is 1.28. The summed E-state index contributed by atoms with van der Waals surface area (Å²) < 4.78 is 2.24. The van der Waals surface area contributed by atoms with Crippen LogP contribution in [-0.4, -0.2) is 16.1 Å². The van der Waals surface area contributed by atoms with Crippen LogP contribution in [0.4, 0.5) is 0 Å². The molecule has 1 heterocycles. The summed E-state index contributed by atoms with van der Waals surface area (Å²) in [5, 5.41) is 0. The van der Waals surface area contributed by atoms with E-state index in [1.165, 1.54) is 18.7 Å². The van der Waals surface area contributed by atoms with E-state index in [9.17, 15) is 0 Å². The van der Waals surface area contributed by atoms with Crippen molar-refractivity contribution in [1.82, 2.24) is 9.55 Å². The molecule has 1 aliphatic carbocycles. The molecule has 72 valence electrons. The number of aromatic nitrogens is 2. The molecule has 0 unspecified atom stereocenters. The molecule has 1 fully saturated rings. The van der Waals surface area contributed by atoms with Gasteiger partial charge in [-0.25, -0.2) is 4.98 Å². The van der Waals surface area contributed by atoms with E-state index in [-0.39, 0.29) is 0 Å². The first kappa shape index (κ1) is 8.75. The zero-order chi connectivity index (χ0) is 9.31. The normalized spacial score (nSPS) is 18.9. The van der Waals surface area contributed by atoms with Gasteiger partial charge < -0.3 is 10.3 Å². The van der Waals surface area contributed by atoms with E-state index < -0.39 is 0 Å². The highest BCUT2D eigenvalue weighted by atomic mass is 15.1. The Labute approximate surface area is 79.0 Å². The highest BCUT2D eigenvalue weighted by molar-refractivity contribution is 5.19. The SMILES string of the molecule is CCn1ccnc1C1(CCN)CC1. The summed E-state index contributed by atoms with van der Waals surface area (Å²) in [6.45, 7) is 3.95. The average Bonchev–Trinajstić information content (AvgIpc) is 2.77. The molecule has 0 bridgehead atoms. The number of rotatable bonds is 4. The molecule has 3 nitrogen and oxygen atoms in total. The lowest BCUT2D eigenvalue weighted by molar-refractivity contribution is 0.545. The molecule has 0 radical (unpaired) electrons. The van der Waals surface area contributed by atoms with Gasteiger partial charge in [0.2, 0.25) is 0 Å². The second-order valence-corrected chi connectivity index (χ2v) is 3.86. The highest BCUT2D eigenvalue weighted by Gasteiger charge is 2.46. The topological polar surface area (TPSA) is 43.8 Å². The summed E-state index contributed by atoms with van der Waals surface area (Å²) in [6.07, 6.45) is 7.58. The lowest BCUT2D eigenvalue weighted by Crippen LogP contribution is -2.18. The van der Waals surface area contributed by atoms with Crippen molar-refractivity contribution < 1.29 is 0 Å². The van der Waals surface area contributed by atoms with Crippen LogP contribution in [0.1, 0.15) is 32.0 Å². The fourth-order valence-electron chi connectivity index (χ4n) is 2.04. The minimum atomic E-state index is 0.342. The fourth-order valence-corrected chi connectivity index (χ4v) is 2.04. The first-order chi connectivity index (χ1) is 6.32. The van der Waals surface area contributed by atoms with Gasteiger partial charge in [-0.3, -0.25) is 0 Å². The zero-order valence-corrected chi connectivity index (χ0v) is 8.16. The monoisotopic (exact) mass is 179 g/mol. The van der Waals surface area contributed by atoms with E-state index >= 15 is 0 Å². The van der Waals surface area contributed by atoms with Crippen molar-refractivity contribution in [2.45, 2.75) is 38.1 Å². The summed E-state index contributed by atoms with van der Waals surface area (Å²) in [7, 11) is 0. The summed E-state index contributed by atoms with van der Waals surface area (Å²) in [5.74, 6) is 1.25. The zero-order valence-electron chi connectivity index (χ0n) is 8.16. The molecule has 3 heteroatoms. The van der Waals surface area contributed by atoms with E-state index in [1.54, 1.807) is 0 Å². The maximum absolute atomic E-state index is 5.62. The molecule has 1 aliphatic rings. The first-order valence-corrected chi connectivity index (χ1v) is 5.04. The van der Waals surface area contributed by atoms with Crippen LogP contribution in [0.2, 0.25) is 0 Å². The van der Waals surface area contributed by atoms with Crippen molar-refractivity contribution in [2.75, 3.05) is 6.54 Å². The number of nitrogens with zero attached hydrogens (tertiary/aromatic N) is 2. The minimum absolute atomic E-state index is 0.342. The van der Waals surface area contributed by atoms with E-state index in [4.69, 9.17) is 5.73 Å². The second kappa shape index (κ2) is 3.14. The Morgan fingerprint density at radius 2 is 2.38 bits per heavy atom. The van der Waals surface area contributed by atoms with Gasteiger partial charge in [0.25, 0.3) is 0 Å². The smallest absolute Gasteiger partial charge is 0.114 e. The molecule has 0 amide bonds. The lowest BCUT2D eigenvalue weighted by Gasteiger charge is -2.14. The molecule has 13 heavy (non-hydrogen) atoms. The number of aryl methyl sites for hydroxylation is 1. The average molecular weight is 179 g/mol. The van der Waals surface area contributed by atoms with Crippen LogP contribution in [0.15, 0.2) is 12.4 Å². The Morgan fingerprint density at radius 3 is 2.92 bits per heavy atom. The third-order valence-corrected chi connectivity index (χ3v) is 3.01. The largest absolute Gasteiger partial charge is 0.335 e. The molecule has 0 spiro atoms. The van der Waals surface area contributed by atoms with Crippen molar-refractivity contribution in [2.24, 2.45) is 5.73 Å². The summed E-state index contributed by atoms with van der Waals surface area (Å²) >= 11 is 0. The Kier molecular flexibility index (Phi) is 2.12. The van der Waals surface area contributed by atoms with Crippen molar-refractivity contribution in [3.05, 3.63) is 18.2 Å².